The van der Waals surface area contributed by atoms with Crippen molar-refractivity contribution < 1.29 is 14.3 Å². The molecule has 1 saturated carbocycles. The van der Waals surface area contributed by atoms with Crippen molar-refractivity contribution in [3.63, 3.8) is 0 Å². The fraction of sp³-hybridized carbons (Fsp3) is 0.364. The van der Waals surface area contributed by atoms with E-state index in [0.717, 1.165) is 18.4 Å². The normalized spacial score (nSPS) is 14.2. The van der Waals surface area contributed by atoms with Crippen molar-refractivity contribution in [2.75, 3.05) is 33.6 Å². The van der Waals surface area contributed by atoms with Crippen molar-refractivity contribution in [2.24, 2.45) is 4.99 Å². The zero-order chi connectivity index (χ0) is 21.7. The average Bonchev–Trinajstić information content (AvgIpc) is 3.54. The molecule has 1 aromatic heterocycles. The number of amides is 1. The number of pyridine rings is 1. The topological polar surface area (TPSA) is 99.8 Å². The Bertz CT molecular complexity index is 1010. The predicted molar refractivity (Wildman–Crippen MR) is 114 cm³/mol. The van der Waals surface area contributed by atoms with Gasteiger partial charge in [0.2, 0.25) is 0 Å². The summed E-state index contributed by atoms with van der Waals surface area (Å²) in [4.78, 5) is 23.6. The number of carbonyl (C=O) groups excluding carboxylic acids is 1. The molecule has 0 unspecified atom stereocenters. The summed E-state index contributed by atoms with van der Waals surface area (Å²) in [7, 11) is 6.79. The van der Waals surface area contributed by atoms with Gasteiger partial charge < -0.3 is 19.7 Å². The molecule has 2 aromatic rings. The van der Waals surface area contributed by atoms with Gasteiger partial charge in [0.25, 0.3) is 5.91 Å². The molecule has 8 heteroatoms. The van der Waals surface area contributed by atoms with Crippen molar-refractivity contribution in [3.05, 3.63) is 47.2 Å². The Morgan fingerprint density at radius 1 is 1.33 bits per heavy atom. The van der Waals surface area contributed by atoms with Gasteiger partial charge in [0.15, 0.2) is 5.82 Å². The lowest BCUT2D eigenvalue weighted by molar-refractivity contribution is 0.102. The van der Waals surface area contributed by atoms with Crippen LogP contribution in [0, 0.1) is 11.3 Å². The number of nitriles is 1. The second-order valence-corrected chi connectivity index (χ2v) is 7.38. The Kier molecular flexibility index (Phi) is 6.33. The molecule has 30 heavy (non-hydrogen) atoms. The number of aliphatic imine (C=N–C) groups is 1. The Labute approximate surface area is 176 Å². The number of aromatic nitrogens is 1. The minimum Gasteiger partial charge on any atom is -0.495 e. The van der Waals surface area contributed by atoms with Crippen LogP contribution in [0.5, 0.6) is 5.75 Å². The number of rotatable bonds is 8. The van der Waals surface area contributed by atoms with Crippen LogP contribution in [0.3, 0.4) is 0 Å². The highest BCUT2D eigenvalue weighted by atomic mass is 16.5. The van der Waals surface area contributed by atoms with Crippen LogP contribution in [-0.2, 0) is 16.8 Å². The maximum Gasteiger partial charge on any atom is 0.259 e. The van der Waals surface area contributed by atoms with E-state index in [1.165, 1.54) is 7.11 Å². The molecule has 0 saturated heterocycles. The molecular formula is C22H25N5O3. The van der Waals surface area contributed by atoms with Crippen LogP contribution in [0.4, 0.5) is 11.5 Å². The molecule has 0 aliphatic heterocycles. The van der Waals surface area contributed by atoms with Gasteiger partial charge in [0, 0.05) is 21.2 Å². The first-order chi connectivity index (χ1) is 14.4. The highest BCUT2D eigenvalue weighted by molar-refractivity contribution is 6.08. The molecule has 1 aromatic carbocycles. The first-order valence-electron chi connectivity index (χ1n) is 9.53. The molecule has 1 fully saturated rings. The molecule has 1 heterocycles. The van der Waals surface area contributed by atoms with E-state index >= 15 is 0 Å². The average molecular weight is 407 g/mol. The molecule has 0 spiro atoms. The third-order valence-electron chi connectivity index (χ3n) is 4.84. The molecule has 3 rings (SSSR count). The van der Waals surface area contributed by atoms with Gasteiger partial charge in [0.05, 0.1) is 48.5 Å². The maximum atomic E-state index is 13.1. The highest BCUT2D eigenvalue weighted by Gasteiger charge is 2.45. The summed E-state index contributed by atoms with van der Waals surface area (Å²) >= 11 is 0. The Balaban J connectivity index is 1.94. The second-order valence-electron chi connectivity index (χ2n) is 7.38. The molecule has 0 atom stereocenters. The molecule has 0 radical (unpaired) electrons. The van der Waals surface area contributed by atoms with Crippen LogP contribution < -0.4 is 10.1 Å². The summed E-state index contributed by atoms with van der Waals surface area (Å²) in [5.41, 5.74) is 1.91. The minimum atomic E-state index is -0.462. The molecule has 0 bridgehead atoms. The minimum absolute atomic E-state index is 0.293. The van der Waals surface area contributed by atoms with E-state index in [0.29, 0.717) is 35.1 Å². The van der Waals surface area contributed by atoms with Gasteiger partial charge in [-0.25, -0.2) is 9.98 Å². The summed E-state index contributed by atoms with van der Waals surface area (Å²) in [6, 6.07) is 11.2. The number of nitrogens with zero attached hydrogens (tertiary/aromatic N) is 4. The number of methoxy groups -OCH3 is 2. The van der Waals surface area contributed by atoms with Crippen LogP contribution in [0.1, 0.15) is 34.5 Å². The third-order valence-corrected chi connectivity index (χ3v) is 4.84. The SMILES string of the molecule is COCc1ccc(C(=O)Nc2cc(C3(C#N)CC3)ccc2OC)c(N=CN(C)C)n1. The number of ether oxygens (including phenoxy) is 2. The van der Waals surface area contributed by atoms with Crippen molar-refractivity contribution in [2.45, 2.75) is 24.9 Å². The van der Waals surface area contributed by atoms with Crippen LogP contribution in [0.2, 0.25) is 0 Å². The quantitative estimate of drug-likeness (QED) is 0.533. The number of hydrogen-bond donors (Lipinski definition) is 1. The lowest BCUT2D eigenvalue weighted by Crippen LogP contribution is -2.15. The molecule has 156 valence electrons. The van der Waals surface area contributed by atoms with Crippen molar-refractivity contribution in [1.29, 1.82) is 5.26 Å². The Hall–Kier alpha value is -3.44. The third kappa shape index (κ3) is 4.58. The van der Waals surface area contributed by atoms with Crippen LogP contribution in [-0.4, -0.2) is 50.4 Å². The zero-order valence-corrected chi connectivity index (χ0v) is 17.6. The zero-order valence-electron chi connectivity index (χ0n) is 17.6. The monoisotopic (exact) mass is 407 g/mol. The van der Waals surface area contributed by atoms with E-state index in [2.05, 4.69) is 21.4 Å². The van der Waals surface area contributed by atoms with Gasteiger partial charge in [0.1, 0.15) is 5.75 Å². The molecule has 1 amide bonds. The van der Waals surface area contributed by atoms with E-state index in [4.69, 9.17) is 9.47 Å². The number of benzene rings is 1. The van der Waals surface area contributed by atoms with Crippen molar-refractivity contribution >= 4 is 23.8 Å². The van der Waals surface area contributed by atoms with E-state index in [-0.39, 0.29) is 5.91 Å². The summed E-state index contributed by atoms with van der Waals surface area (Å²) in [6.45, 7) is 0.318. The maximum absolute atomic E-state index is 13.1. The summed E-state index contributed by atoms with van der Waals surface area (Å²) < 4.78 is 10.5. The summed E-state index contributed by atoms with van der Waals surface area (Å²) in [5.74, 6) is 0.444. The van der Waals surface area contributed by atoms with Gasteiger partial charge >= 0.3 is 0 Å². The van der Waals surface area contributed by atoms with Crippen molar-refractivity contribution in [3.8, 4) is 11.8 Å². The fourth-order valence-corrected chi connectivity index (χ4v) is 3.04. The van der Waals surface area contributed by atoms with Crippen molar-refractivity contribution in [1.82, 2.24) is 9.88 Å². The van der Waals surface area contributed by atoms with Gasteiger partial charge in [-0.05, 0) is 42.7 Å². The second kappa shape index (κ2) is 8.93. The summed E-state index contributed by atoms with van der Waals surface area (Å²) in [6.07, 6.45) is 3.22. The number of hydrogen-bond acceptors (Lipinski definition) is 6. The standard InChI is InChI=1S/C22H25N5O3/c1-27(2)14-24-20-17(7-6-16(25-20)12-29-3)21(28)26-18-11-15(5-8-19(18)30-4)22(13-23)9-10-22/h5-8,11,14H,9-10,12H2,1-4H3,(H,26,28). The molecule has 1 aliphatic carbocycles. The lowest BCUT2D eigenvalue weighted by Gasteiger charge is -2.15. The molecule has 8 nitrogen and oxygen atoms in total. The van der Waals surface area contributed by atoms with E-state index in [9.17, 15) is 10.1 Å². The number of carbonyl (C=O) groups is 1. The lowest BCUT2D eigenvalue weighted by atomic mass is 9.97. The molecule has 1 aliphatic rings. The smallest absolute Gasteiger partial charge is 0.259 e. The number of nitrogens with one attached hydrogen (secondary N) is 1. The summed E-state index contributed by atoms with van der Waals surface area (Å²) in [5, 5.41) is 12.4. The number of anilines is 1. The molecule has 1 N–H and O–H groups in total. The Morgan fingerprint density at radius 3 is 2.70 bits per heavy atom. The van der Waals surface area contributed by atoms with E-state index in [1.54, 1.807) is 36.5 Å². The highest BCUT2D eigenvalue weighted by Crippen LogP contribution is 2.48. The van der Waals surface area contributed by atoms with Gasteiger partial charge in [-0.1, -0.05) is 6.07 Å². The molecular weight excluding hydrogens is 382 g/mol. The van der Waals surface area contributed by atoms with Crippen LogP contribution in [0.25, 0.3) is 0 Å². The predicted octanol–water partition coefficient (Wildman–Crippen LogP) is 3.27. The van der Waals surface area contributed by atoms with Gasteiger partial charge in [-0.15, -0.1) is 0 Å². The van der Waals surface area contributed by atoms with Gasteiger partial charge in [-0.2, -0.15) is 5.26 Å². The van der Waals surface area contributed by atoms with E-state index in [1.807, 2.05) is 26.2 Å². The van der Waals surface area contributed by atoms with E-state index < -0.39 is 5.41 Å². The fourth-order valence-electron chi connectivity index (χ4n) is 3.04. The van der Waals surface area contributed by atoms with Crippen LogP contribution in [0.15, 0.2) is 35.3 Å². The first kappa shape index (κ1) is 21.3. The van der Waals surface area contributed by atoms with Crippen LogP contribution >= 0.6 is 0 Å². The van der Waals surface area contributed by atoms with Gasteiger partial charge in [-0.3, -0.25) is 4.79 Å². The largest absolute Gasteiger partial charge is 0.495 e. The first-order valence-corrected chi connectivity index (χ1v) is 9.53. The Morgan fingerprint density at radius 2 is 2.10 bits per heavy atom.